The summed E-state index contributed by atoms with van der Waals surface area (Å²) < 4.78 is 40.5. The summed E-state index contributed by atoms with van der Waals surface area (Å²) >= 11 is 0. The van der Waals surface area contributed by atoms with Crippen LogP contribution in [0.25, 0.3) is 16.6 Å². The zero-order chi connectivity index (χ0) is 27.9. The first kappa shape index (κ1) is 26.1. The Labute approximate surface area is 230 Å². The van der Waals surface area contributed by atoms with Gasteiger partial charge in [0.2, 0.25) is 0 Å². The quantitative estimate of drug-likeness (QED) is 0.361. The van der Waals surface area contributed by atoms with Crippen LogP contribution < -0.4 is 5.32 Å². The van der Waals surface area contributed by atoms with Gasteiger partial charge in [-0.3, -0.25) is 9.59 Å². The summed E-state index contributed by atoms with van der Waals surface area (Å²) in [6, 6.07) is 21.9. The number of likely N-dealkylation sites (tertiary alicyclic amines) is 2. The maximum atomic E-state index is 13.1. The number of benzene rings is 3. The standard InChI is InChI=1S/C31H29F3N4O2/c32-31(33,34)25-7-9-27(10-8-25)38-15-13-23-16-24(6-11-28(23)38)30(40)37-19-26(20-37)35-17-21-12-14-36(18-21)29(39)22-4-2-1-3-5-22/h1-11,13,15-16,21,26,35H,12,14,17-20H2/t21-/m1/s1. The Hall–Kier alpha value is -4.11. The molecule has 0 saturated carbocycles. The van der Waals surface area contributed by atoms with Gasteiger partial charge < -0.3 is 19.7 Å². The molecule has 3 heterocycles. The van der Waals surface area contributed by atoms with Gasteiger partial charge in [-0.15, -0.1) is 0 Å². The first-order chi connectivity index (χ1) is 19.3. The molecule has 0 bridgehead atoms. The van der Waals surface area contributed by atoms with Crippen molar-refractivity contribution in [1.82, 2.24) is 19.7 Å². The molecule has 2 aliphatic rings. The number of carbonyl (C=O) groups is 2. The summed E-state index contributed by atoms with van der Waals surface area (Å²) in [5, 5.41) is 4.40. The Kier molecular flexibility index (Phi) is 6.83. The van der Waals surface area contributed by atoms with Crippen molar-refractivity contribution in [2.75, 3.05) is 32.7 Å². The molecule has 9 heteroatoms. The normalized spacial score (nSPS) is 17.8. The van der Waals surface area contributed by atoms with Gasteiger partial charge in [0.1, 0.15) is 0 Å². The van der Waals surface area contributed by atoms with Crippen LogP contribution in [0.3, 0.4) is 0 Å². The van der Waals surface area contributed by atoms with E-state index in [0.717, 1.165) is 54.7 Å². The maximum Gasteiger partial charge on any atom is 0.416 e. The molecule has 3 aromatic carbocycles. The largest absolute Gasteiger partial charge is 0.416 e. The van der Waals surface area contributed by atoms with Crippen molar-refractivity contribution in [3.63, 3.8) is 0 Å². The van der Waals surface area contributed by atoms with Crippen molar-refractivity contribution in [1.29, 1.82) is 0 Å². The number of amides is 2. The van der Waals surface area contributed by atoms with Crippen LogP contribution in [0, 0.1) is 5.92 Å². The number of nitrogens with one attached hydrogen (secondary N) is 1. The lowest BCUT2D eigenvalue weighted by Crippen LogP contribution is -2.60. The summed E-state index contributed by atoms with van der Waals surface area (Å²) in [6.45, 7) is 3.57. The Morgan fingerprint density at radius 3 is 2.27 bits per heavy atom. The highest BCUT2D eigenvalue weighted by molar-refractivity contribution is 5.99. The molecular formula is C31H29F3N4O2. The molecule has 1 atom stereocenters. The van der Waals surface area contributed by atoms with E-state index in [1.54, 1.807) is 12.3 Å². The molecule has 206 valence electrons. The van der Waals surface area contributed by atoms with Crippen LogP contribution in [-0.2, 0) is 6.18 Å². The number of carbonyl (C=O) groups excluding carboxylic acids is 2. The average molecular weight is 547 g/mol. The fourth-order valence-electron chi connectivity index (χ4n) is 5.55. The van der Waals surface area contributed by atoms with E-state index < -0.39 is 11.7 Å². The van der Waals surface area contributed by atoms with E-state index in [9.17, 15) is 22.8 Å². The monoisotopic (exact) mass is 546 g/mol. The highest BCUT2D eigenvalue weighted by Crippen LogP contribution is 2.30. The summed E-state index contributed by atoms with van der Waals surface area (Å²) in [6.07, 6.45) is -1.62. The fourth-order valence-corrected chi connectivity index (χ4v) is 5.55. The van der Waals surface area contributed by atoms with Crippen molar-refractivity contribution in [3.05, 3.63) is 102 Å². The minimum absolute atomic E-state index is 0.0391. The molecule has 2 saturated heterocycles. The summed E-state index contributed by atoms with van der Waals surface area (Å²) in [5.41, 5.74) is 2.05. The van der Waals surface area contributed by atoms with Crippen LogP contribution in [0.5, 0.6) is 0 Å². The summed E-state index contributed by atoms with van der Waals surface area (Å²) in [5.74, 6) is 0.437. The zero-order valence-corrected chi connectivity index (χ0v) is 21.8. The number of alkyl halides is 3. The molecule has 1 aromatic heterocycles. The van der Waals surface area contributed by atoms with E-state index in [2.05, 4.69) is 5.32 Å². The number of halogens is 3. The molecule has 0 aliphatic carbocycles. The summed E-state index contributed by atoms with van der Waals surface area (Å²) in [4.78, 5) is 29.5. The van der Waals surface area contributed by atoms with Crippen LogP contribution in [0.15, 0.2) is 85.1 Å². The fraction of sp³-hybridized carbons (Fsp3) is 0.290. The van der Waals surface area contributed by atoms with Gasteiger partial charge in [-0.1, -0.05) is 18.2 Å². The van der Waals surface area contributed by atoms with Crippen molar-refractivity contribution < 1.29 is 22.8 Å². The van der Waals surface area contributed by atoms with Crippen LogP contribution >= 0.6 is 0 Å². The third kappa shape index (κ3) is 5.21. The molecule has 1 N–H and O–H groups in total. The van der Waals surface area contributed by atoms with Gasteiger partial charge in [-0.25, -0.2) is 0 Å². The number of hydrogen-bond acceptors (Lipinski definition) is 3. The van der Waals surface area contributed by atoms with Gasteiger partial charge in [0.15, 0.2) is 0 Å². The second-order valence-corrected chi connectivity index (χ2v) is 10.6. The number of hydrogen-bond donors (Lipinski definition) is 1. The number of rotatable bonds is 6. The molecule has 0 spiro atoms. The lowest BCUT2D eigenvalue weighted by molar-refractivity contribution is -0.137. The van der Waals surface area contributed by atoms with Crippen LogP contribution in [0.2, 0.25) is 0 Å². The van der Waals surface area contributed by atoms with Gasteiger partial charge in [0, 0.05) is 67.2 Å². The van der Waals surface area contributed by atoms with Crippen molar-refractivity contribution in [2.45, 2.75) is 18.6 Å². The Morgan fingerprint density at radius 2 is 1.55 bits per heavy atom. The molecule has 2 aliphatic heterocycles. The molecule has 6 nitrogen and oxygen atoms in total. The van der Waals surface area contributed by atoms with Crippen molar-refractivity contribution >= 4 is 22.7 Å². The topological polar surface area (TPSA) is 57.6 Å². The zero-order valence-electron chi connectivity index (χ0n) is 21.8. The predicted molar refractivity (Wildman–Crippen MR) is 146 cm³/mol. The second kappa shape index (κ2) is 10.5. The second-order valence-electron chi connectivity index (χ2n) is 10.6. The minimum Gasteiger partial charge on any atom is -0.338 e. The van der Waals surface area contributed by atoms with E-state index in [1.165, 1.54) is 12.1 Å². The Morgan fingerprint density at radius 1 is 0.825 bits per heavy atom. The molecule has 6 rings (SSSR count). The van der Waals surface area contributed by atoms with E-state index in [-0.39, 0.29) is 17.9 Å². The van der Waals surface area contributed by atoms with Crippen LogP contribution in [0.4, 0.5) is 13.2 Å². The minimum atomic E-state index is -4.38. The molecule has 2 amide bonds. The smallest absolute Gasteiger partial charge is 0.338 e. The van der Waals surface area contributed by atoms with E-state index >= 15 is 0 Å². The lowest BCUT2D eigenvalue weighted by Gasteiger charge is -2.40. The third-order valence-electron chi connectivity index (χ3n) is 7.87. The molecule has 2 fully saturated rings. The predicted octanol–water partition coefficient (Wildman–Crippen LogP) is 5.23. The first-order valence-electron chi connectivity index (χ1n) is 13.4. The Bertz CT molecular complexity index is 1530. The summed E-state index contributed by atoms with van der Waals surface area (Å²) in [7, 11) is 0. The van der Waals surface area contributed by atoms with Crippen molar-refractivity contribution in [3.8, 4) is 5.69 Å². The first-order valence-corrected chi connectivity index (χ1v) is 13.4. The van der Waals surface area contributed by atoms with E-state index in [0.29, 0.717) is 30.3 Å². The van der Waals surface area contributed by atoms with Crippen molar-refractivity contribution in [2.24, 2.45) is 5.92 Å². The van der Waals surface area contributed by atoms with Crippen LogP contribution in [-0.4, -0.2) is 64.9 Å². The van der Waals surface area contributed by atoms with Gasteiger partial charge in [-0.05, 0) is 73.0 Å². The number of nitrogens with zero attached hydrogens (tertiary/aromatic N) is 3. The SMILES string of the molecule is O=C(c1ccc2c(ccn2-c2ccc(C(F)(F)F)cc2)c1)N1CC(NC[C@H]2CCN(C(=O)c3ccccc3)C2)C1. The molecular weight excluding hydrogens is 517 g/mol. The molecule has 0 radical (unpaired) electrons. The van der Waals surface area contributed by atoms with Gasteiger partial charge in [0.05, 0.1) is 11.1 Å². The van der Waals surface area contributed by atoms with Gasteiger partial charge in [0.25, 0.3) is 11.8 Å². The molecule has 0 unspecified atom stereocenters. The van der Waals surface area contributed by atoms with Gasteiger partial charge >= 0.3 is 6.18 Å². The van der Waals surface area contributed by atoms with Gasteiger partial charge in [-0.2, -0.15) is 13.2 Å². The lowest BCUT2D eigenvalue weighted by atomic mass is 10.0. The third-order valence-corrected chi connectivity index (χ3v) is 7.87. The maximum absolute atomic E-state index is 13.1. The van der Waals surface area contributed by atoms with Crippen LogP contribution in [0.1, 0.15) is 32.7 Å². The van der Waals surface area contributed by atoms with E-state index in [1.807, 2.05) is 62.9 Å². The Balaban J connectivity index is 1.01. The average Bonchev–Trinajstić information content (AvgIpc) is 3.59. The molecule has 4 aromatic rings. The number of aromatic nitrogens is 1. The highest BCUT2D eigenvalue weighted by atomic mass is 19.4. The molecule has 40 heavy (non-hydrogen) atoms. The van der Waals surface area contributed by atoms with E-state index in [4.69, 9.17) is 0 Å². The number of fused-ring (bicyclic) bond motifs is 1. The highest BCUT2D eigenvalue weighted by Gasteiger charge is 2.33.